The molecule has 1 aliphatic heterocycles. The molecule has 0 spiro atoms. The molecule has 13 heteroatoms. The van der Waals surface area contributed by atoms with Crippen LogP contribution in [0.4, 0.5) is 0 Å². The first-order valence-corrected chi connectivity index (χ1v) is 22.8. The van der Waals surface area contributed by atoms with Crippen LogP contribution >= 0.6 is 0 Å². The number of aliphatic hydroxyl groups excluding tert-OH is 3. The molecule has 57 heavy (non-hydrogen) atoms. The van der Waals surface area contributed by atoms with E-state index < -0.39 is 73.7 Å². The minimum absolute atomic E-state index is 0.364. The molecule has 1 fully saturated rings. The molecule has 1 heterocycles. The summed E-state index contributed by atoms with van der Waals surface area (Å²) in [4.78, 5) is 50.5. The smallest absolute Gasteiger partial charge is 0.326 e. The summed E-state index contributed by atoms with van der Waals surface area (Å²) in [7, 11) is 0. The maximum Gasteiger partial charge on any atom is 0.326 e. The quantitative estimate of drug-likeness (QED) is 0.0303. The van der Waals surface area contributed by atoms with Crippen molar-refractivity contribution in [3.05, 3.63) is 0 Å². The molecule has 0 aromatic carbocycles. The number of carboxylic acid groups (broad SMARTS) is 2. The molecule has 1 aliphatic rings. The van der Waals surface area contributed by atoms with Crippen LogP contribution in [0.3, 0.4) is 0 Å². The highest BCUT2D eigenvalue weighted by atomic mass is 16.7. The van der Waals surface area contributed by atoms with Gasteiger partial charge in [-0.05, 0) is 26.2 Å². The van der Waals surface area contributed by atoms with E-state index in [1.165, 1.54) is 110 Å². The maximum absolute atomic E-state index is 13.9. The van der Waals surface area contributed by atoms with Gasteiger partial charge in [-0.2, -0.15) is 0 Å². The number of unbranched alkanes of at least 4 members (excludes halogenated alkanes) is 22. The molecule has 7 N–H and O–H groups in total. The second-order valence-electron chi connectivity index (χ2n) is 16.5. The lowest BCUT2D eigenvalue weighted by Gasteiger charge is -2.25. The molecular formula is C44H82N2O11. The Morgan fingerprint density at radius 3 is 1.35 bits per heavy atom. The third kappa shape index (κ3) is 25.0. The number of aliphatic carboxylic acids is 2. The highest BCUT2D eigenvalue weighted by Gasteiger charge is 2.46. The average Bonchev–Trinajstić information content (AvgIpc) is 3.46. The van der Waals surface area contributed by atoms with E-state index in [1.54, 1.807) is 0 Å². The second kappa shape index (κ2) is 33.5. The number of carbonyl (C=O) groups excluding carboxylic acids is 2. The number of rotatable bonds is 38. The van der Waals surface area contributed by atoms with Crippen molar-refractivity contribution in [2.75, 3.05) is 6.61 Å². The predicted octanol–water partition coefficient (Wildman–Crippen LogP) is 7.55. The largest absolute Gasteiger partial charge is 0.481 e. The minimum Gasteiger partial charge on any atom is -0.481 e. The van der Waals surface area contributed by atoms with Gasteiger partial charge in [-0.15, -0.1) is 0 Å². The number of nitrogens with one attached hydrogen (secondary N) is 2. The van der Waals surface area contributed by atoms with Crippen LogP contribution in [-0.4, -0.2) is 98.7 Å². The fourth-order valence-electron chi connectivity index (χ4n) is 7.54. The number of carbonyl (C=O) groups is 4. The molecule has 2 amide bonds. The van der Waals surface area contributed by atoms with Gasteiger partial charge in [0.2, 0.25) is 11.8 Å². The zero-order valence-electron chi connectivity index (χ0n) is 35.8. The van der Waals surface area contributed by atoms with Gasteiger partial charge in [0.15, 0.2) is 6.29 Å². The zero-order chi connectivity index (χ0) is 42.3. The van der Waals surface area contributed by atoms with Crippen molar-refractivity contribution < 1.29 is 54.2 Å². The van der Waals surface area contributed by atoms with E-state index in [9.17, 15) is 39.6 Å². The van der Waals surface area contributed by atoms with E-state index in [4.69, 9.17) is 14.6 Å². The minimum atomic E-state index is -1.55. The molecule has 7 atom stereocenters. The van der Waals surface area contributed by atoms with Gasteiger partial charge >= 0.3 is 11.9 Å². The molecule has 0 saturated carbocycles. The Balaban J connectivity index is 2.88. The van der Waals surface area contributed by atoms with E-state index in [0.717, 1.165) is 51.4 Å². The molecule has 1 rings (SSSR count). The van der Waals surface area contributed by atoms with Crippen LogP contribution in [0.25, 0.3) is 0 Å². The lowest BCUT2D eigenvalue weighted by molar-refractivity contribution is -0.181. The summed E-state index contributed by atoms with van der Waals surface area (Å²) in [6, 6.07) is -2.94. The van der Waals surface area contributed by atoms with Crippen molar-refractivity contribution >= 4 is 23.8 Å². The molecule has 0 unspecified atom stereocenters. The van der Waals surface area contributed by atoms with Crippen LogP contribution in [0.15, 0.2) is 0 Å². The van der Waals surface area contributed by atoms with Crippen molar-refractivity contribution in [3.8, 4) is 0 Å². The number of carboxylic acids is 2. The van der Waals surface area contributed by atoms with Gasteiger partial charge in [-0.1, -0.05) is 168 Å². The Labute approximate surface area is 343 Å². The van der Waals surface area contributed by atoms with E-state index in [1.807, 2.05) is 0 Å². The number of aliphatic hydroxyl groups is 3. The fourth-order valence-corrected chi connectivity index (χ4v) is 7.54. The van der Waals surface area contributed by atoms with Crippen LogP contribution in [0, 0.1) is 5.92 Å². The van der Waals surface area contributed by atoms with Gasteiger partial charge in [0, 0.05) is 12.3 Å². The van der Waals surface area contributed by atoms with Crippen molar-refractivity contribution in [3.63, 3.8) is 0 Å². The zero-order valence-corrected chi connectivity index (χ0v) is 35.8. The summed E-state index contributed by atoms with van der Waals surface area (Å²) < 4.78 is 11.2. The first-order valence-electron chi connectivity index (χ1n) is 22.8. The Hall–Kier alpha value is -2.32. The SMILES string of the molecule is CCCCCCCCCCCCCCC(CCCCCCCCCCCCCC)C(=O)N[C@H](CO[C@@H]1O[C@H]([C@H](C)O)[C@@H](O)[C@@H]1O)C(=O)N[C@H](CCC(=O)O)C(=O)O. The van der Waals surface area contributed by atoms with E-state index in [-0.39, 0.29) is 18.2 Å². The Kier molecular flexibility index (Phi) is 31.0. The predicted molar refractivity (Wildman–Crippen MR) is 222 cm³/mol. The lowest BCUT2D eigenvalue weighted by atomic mass is 9.93. The molecule has 0 aromatic rings. The molecular weight excluding hydrogens is 732 g/mol. The monoisotopic (exact) mass is 815 g/mol. The molecule has 13 nitrogen and oxygen atoms in total. The topological polar surface area (TPSA) is 212 Å². The second-order valence-corrected chi connectivity index (χ2v) is 16.5. The lowest BCUT2D eigenvalue weighted by Crippen LogP contribution is -2.55. The van der Waals surface area contributed by atoms with Crippen molar-refractivity contribution in [1.29, 1.82) is 0 Å². The summed E-state index contributed by atoms with van der Waals surface area (Å²) in [5, 5.41) is 54.6. The summed E-state index contributed by atoms with van der Waals surface area (Å²) >= 11 is 0. The van der Waals surface area contributed by atoms with Crippen LogP contribution in [0.5, 0.6) is 0 Å². The van der Waals surface area contributed by atoms with Crippen LogP contribution < -0.4 is 10.6 Å². The van der Waals surface area contributed by atoms with Gasteiger partial charge < -0.3 is 45.6 Å². The van der Waals surface area contributed by atoms with Crippen molar-refractivity contribution in [2.24, 2.45) is 5.92 Å². The molecule has 0 aromatic heterocycles. The van der Waals surface area contributed by atoms with Crippen LogP contribution in [-0.2, 0) is 28.7 Å². The summed E-state index contributed by atoms with van der Waals surface area (Å²) in [6.07, 6.45) is 22.5. The van der Waals surface area contributed by atoms with Gasteiger partial charge in [-0.3, -0.25) is 14.4 Å². The van der Waals surface area contributed by atoms with Crippen LogP contribution in [0.2, 0.25) is 0 Å². The van der Waals surface area contributed by atoms with Gasteiger partial charge in [-0.25, -0.2) is 4.79 Å². The van der Waals surface area contributed by atoms with Crippen molar-refractivity contribution in [1.82, 2.24) is 10.6 Å². The molecule has 0 radical (unpaired) electrons. The first-order chi connectivity index (χ1) is 27.4. The number of hydrogen-bond donors (Lipinski definition) is 7. The van der Waals surface area contributed by atoms with Gasteiger partial charge in [0.05, 0.1) is 12.7 Å². The van der Waals surface area contributed by atoms with E-state index in [2.05, 4.69) is 24.5 Å². The Morgan fingerprint density at radius 2 is 0.982 bits per heavy atom. The fraction of sp³-hybridized carbons (Fsp3) is 0.909. The Morgan fingerprint density at radius 1 is 0.579 bits per heavy atom. The summed E-state index contributed by atoms with van der Waals surface area (Å²) in [5.41, 5.74) is 0. The van der Waals surface area contributed by atoms with E-state index >= 15 is 0 Å². The molecule has 334 valence electrons. The third-order valence-corrected chi connectivity index (χ3v) is 11.2. The first kappa shape index (κ1) is 52.7. The van der Waals surface area contributed by atoms with E-state index in [0.29, 0.717) is 12.8 Å². The molecule has 0 bridgehead atoms. The summed E-state index contributed by atoms with van der Waals surface area (Å²) in [6.45, 7) is 5.31. The average molecular weight is 815 g/mol. The van der Waals surface area contributed by atoms with Gasteiger partial charge in [0.1, 0.15) is 30.4 Å². The maximum atomic E-state index is 13.9. The molecule has 1 saturated heterocycles. The molecule has 0 aliphatic carbocycles. The van der Waals surface area contributed by atoms with Crippen molar-refractivity contribution in [2.45, 2.75) is 243 Å². The number of amides is 2. The van der Waals surface area contributed by atoms with Crippen LogP contribution in [0.1, 0.15) is 201 Å². The number of ether oxygens (including phenoxy) is 2. The van der Waals surface area contributed by atoms with Gasteiger partial charge in [0.25, 0.3) is 0 Å². The highest BCUT2D eigenvalue weighted by molar-refractivity contribution is 5.91. The summed E-state index contributed by atoms with van der Waals surface area (Å²) in [5.74, 6) is -4.29. The highest BCUT2D eigenvalue weighted by Crippen LogP contribution is 2.25. The Bertz CT molecular complexity index is 1030. The number of hydrogen-bond acceptors (Lipinski definition) is 9. The third-order valence-electron chi connectivity index (χ3n) is 11.2. The standard InChI is InChI=1S/C44H82N2O11/c1-4-6-8-10-12-14-16-18-20-22-24-26-28-34(29-27-25-23-21-19-17-15-13-11-9-7-5-2)41(52)46-36(42(53)45-35(43(54)55)30-31-37(48)49)32-56-44-39(51)38(50)40(57-44)33(3)47/h33-36,38-40,44,47,50-51H,4-32H2,1-3H3,(H,45,53)(H,46,52)(H,48,49)(H,54,55)/t33-,35+,36+,38-,39-,40+,44+/m0/s1. The normalized spacial score (nSPS) is 19.7.